The summed E-state index contributed by atoms with van der Waals surface area (Å²) < 4.78 is 0. The Hall–Kier alpha value is -5.98. The van der Waals surface area contributed by atoms with Gasteiger partial charge in [0.15, 0.2) is 0 Å². The first-order chi connectivity index (χ1) is 24.1. The molecule has 2 aliphatic rings. The van der Waals surface area contributed by atoms with Crippen molar-refractivity contribution in [1.82, 2.24) is 0 Å². The summed E-state index contributed by atoms with van der Waals surface area (Å²) in [5.41, 5.74) is 15.9. The smallest absolute Gasteiger partial charge is 0.0165 e. The molecule has 0 saturated heterocycles. The Morgan fingerprint density at radius 1 is 0.347 bits per heavy atom. The van der Waals surface area contributed by atoms with Gasteiger partial charge in [-0.2, -0.15) is 0 Å². The standard InChI is InChI=1S/C49H32/c1-49(2)45-28-32-11-4-3-10-31(32)27-44(45)47-40-15-8-7-14-37(40)43-26-33(22-23-42(43)48(47)49)29-18-20-30(21-19-29)34-24-25-41-36-13-6-5-12-35(36)39-17-9-16-38(34)46(39)41/h3-28H,1-2H3. The predicted molar refractivity (Wildman–Crippen MR) is 209 cm³/mol. The molecule has 2 aliphatic carbocycles. The van der Waals surface area contributed by atoms with Crippen LogP contribution in [0.15, 0.2) is 158 Å². The molecule has 0 nitrogen and oxygen atoms in total. The molecule has 0 saturated carbocycles. The molecular weight excluding hydrogens is 589 g/mol. The summed E-state index contributed by atoms with van der Waals surface area (Å²) in [6, 6.07) is 59.2. The van der Waals surface area contributed by atoms with E-state index in [2.05, 4.69) is 172 Å². The molecule has 0 atom stereocenters. The molecule has 9 aromatic carbocycles. The highest BCUT2D eigenvalue weighted by atomic mass is 14.4. The van der Waals surface area contributed by atoms with Crippen molar-refractivity contribution in [2.45, 2.75) is 19.3 Å². The molecule has 0 radical (unpaired) electrons. The Labute approximate surface area is 285 Å². The van der Waals surface area contributed by atoms with Crippen molar-refractivity contribution >= 4 is 43.1 Å². The van der Waals surface area contributed by atoms with Crippen molar-refractivity contribution in [3.8, 4) is 55.6 Å². The van der Waals surface area contributed by atoms with Crippen LogP contribution in [0.2, 0.25) is 0 Å². The second-order valence-electron chi connectivity index (χ2n) is 14.4. The van der Waals surface area contributed by atoms with E-state index in [4.69, 9.17) is 0 Å². The maximum atomic E-state index is 2.43. The minimum atomic E-state index is -0.110. The fourth-order valence-electron chi connectivity index (χ4n) is 9.30. The molecule has 0 heteroatoms. The Bertz CT molecular complexity index is 2850. The second kappa shape index (κ2) is 9.56. The molecule has 49 heavy (non-hydrogen) atoms. The van der Waals surface area contributed by atoms with Crippen LogP contribution < -0.4 is 0 Å². The van der Waals surface area contributed by atoms with Gasteiger partial charge in [0, 0.05) is 5.41 Å². The van der Waals surface area contributed by atoms with E-state index in [0.717, 1.165) is 0 Å². The molecule has 0 unspecified atom stereocenters. The van der Waals surface area contributed by atoms with Gasteiger partial charge >= 0.3 is 0 Å². The Morgan fingerprint density at radius 3 is 1.73 bits per heavy atom. The highest BCUT2D eigenvalue weighted by Gasteiger charge is 2.38. The van der Waals surface area contributed by atoms with Crippen molar-refractivity contribution in [3.05, 3.63) is 169 Å². The van der Waals surface area contributed by atoms with Crippen molar-refractivity contribution < 1.29 is 0 Å². The van der Waals surface area contributed by atoms with Gasteiger partial charge in [-0.05, 0) is 128 Å². The van der Waals surface area contributed by atoms with Crippen LogP contribution in [0.25, 0.3) is 98.7 Å². The van der Waals surface area contributed by atoms with Gasteiger partial charge in [-0.1, -0.05) is 153 Å². The van der Waals surface area contributed by atoms with E-state index in [-0.39, 0.29) is 5.41 Å². The number of benzene rings is 9. The maximum Gasteiger partial charge on any atom is 0.0165 e. The SMILES string of the molecule is CC1(C)c2cc3ccccc3cc2-c2c1c1ccc(-c3ccc(-c4ccc5c6c(cccc46)-c4ccccc4-5)cc3)cc1c1ccccc21. The van der Waals surface area contributed by atoms with Crippen LogP contribution in [0.4, 0.5) is 0 Å². The second-order valence-corrected chi connectivity index (χ2v) is 14.4. The largest absolute Gasteiger partial charge is 0.0616 e. The van der Waals surface area contributed by atoms with Gasteiger partial charge < -0.3 is 0 Å². The third-order valence-electron chi connectivity index (χ3n) is 11.6. The first kappa shape index (κ1) is 27.0. The molecule has 0 bridgehead atoms. The van der Waals surface area contributed by atoms with Crippen LogP contribution in [0, 0.1) is 0 Å². The van der Waals surface area contributed by atoms with E-state index in [0.29, 0.717) is 0 Å². The van der Waals surface area contributed by atoms with Gasteiger partial charge in [0.05, 0.1) is 0 Å². The lowest BCUT2D eigenvalue weighted by molar-refractivity contribution is 0.667. The van der Waals surface area contributed by atoms with E-state index >= 15 is 0 Å². The monoisotopic (exact) mass is 620 g/mol. The summed E-state index contributed by atoms with van der Waals surface area (Å²) >= 11 is 0. The molecule has 228 valence electrons. The highest BCUT2D eigenvalue weighted by Crippen LogP contribution is 2.56. The van der Waals surface area contributed by atoms with Crippen LogP contribution in [-0.4, -0.2) is 0 Å². The van der Waals surface area contributed by atoms with E-state index in [1.165, 1.54) is 110 Å². The van der Waals surface area contributed by atoms with Crippen LogP contribution in [-0.2, 0) is 5.41 Å². The molecule has 11 rings (SSSR count). The van der Waals surface area contributed by atoms with Crippen molar-refractivity contribution in [2.24, 2.45) is 0 Å². The summed E-state index contributed by atoms with van der Waals surface area (Å²) in [6.45, 7) is 4.82. The lowest BCUT2D eigenvalue weighted by Crippen LogP contribution is -2.15. The van der Waals surface area contributed by atoms with E-state index in [9.17, 15) is 0 Å². The fourth-order valence-corrected chi connectivity index (χ4v) is 9.30. The van der Waals surface area contributed by atoms with Crippen LogP contribution in [0.1, 0.15) is 25.0 Å². The molecule has 0 N–H and O–H groups in total. The summed E-state index contributed by atoms with van der Waals surface area (Å²) in [4.78, 5) is 0. The first-order valence-corrected chi connectivity index (χ1v) is 17.4. The topological polar surface area (TPSA) is 0 Å². The number of fused-ring (bicyclic) bond motifs is 12. The van der Waals surface area contributed by atoms with Crippen molar-refractivity contribution in [3.63, 3.8) is 0 Å². The molecule has 0 aliphatic heterocycles. The Kier molecular flexibility index (Phi) is 5.27. The minimum absolute atomic E-state index is 0.110. The summed E-state index contributed by atoms with van der Waals surface area (Å²) in [5, 5.41) is 10.6. The lowest BCUT2D eigenvalue weighted by atomic mass is 9.78. The number of rotatable bonds is 2. The van der Waals surface area contributed by atoms with E-state index < -0.39 is 0 Å². The summed E-state index contributed by atoms with van der Waals surface area (Å²) in [5.74, 6) is 0. The van der Waals surface area contributed by atoms with Gasteiger partial charge in [-0.25, -0.2) is 0 Å². The van der Waals surface area contributed by atoms with Crippen LogP contribution >= 0.6 is 0 Å². The Morgan fingerprint density at radius 2 is 0.939 bits per heavy atom. The van der Waals surface area contributed by atoms with Gasteiger partial charge in [-0.15, -0.1) is 0 Å². The zero-order valence-corrected chi connectivity index (χ0v) is 27.5. The van der Waals surface area contributed by atoms with Gasteiger partial charge in [0.2, 0.25) is 0 Å². The zero-order valence-electron chi connectivity index (χ0n) is 27.5. The molecule has 0 spiro atoms. The van der Waals surface area contributed by atoms with Gasteiger partial charge in [0.25, 0.3) is 0 Å². The van der Waals surface area contributed by atoms with Crippen LogP contribution in [0.3, 0.4) is 0 Å². The molecule has 0 heterocycles. The molecule has 0 aromatic heterocycles. The van der Waals surface area contributed by atoms with E-state index in [1.54, 1.807) is 0 Å². The average molecular weight is 621 g/mol. The normalized spacial score (nSPS) is 13.7. The molecule has 0 fully saturated rings. The Balaban J connectivity index is 1.06. The van der Waals surface area contributed by atoms with Crippen molar-refractivity contribution in [2.75, 3.05) is 0 Å². The molecule has 0 amide bonds. The lowest BCUT2D eigenvalue weighted by Gasteiger charge is -2.24. The third kappa shape index (κ3) is 3.58. The van der Waals surface area contributed by atoms with Crippen LogP contribution in [0.5, 0.6) is 0 Å². The number of hydrogen-bond donors (Lipinski definition) is 0. The summed E-state index contributed by atoms with van der Waals surface area (Å²) in [6.07, 6.45) is 0. The predicted octanol–water partition coefficient (Wildman–Crippen LogP) is 13.6. The van der Waals surface area contributed by atoms with Crippen molar-refractivity contribution in [1.29, 1.82) is 0 Å². The quantitative estimate of drug-likeness (QED) is 0.169. The van der Waals surface area contributed by atoms with Gasteiger partial charge in [0.1, 0.15) is 0 Å². The first-order valence-electron chi connectivity index (χ1n) is 17.4. The number of hydrogen-bond acceptors (Lipinski definition) is 0. The molecular formula is C49H32. The zero-order chi connectivity index (χ0) is 32.4. The molecule has 9 aromatic rings. The minimum Gasteiger partial charge on any atom is -0.0616 e. The maximum absolute atomic E-state index is 2.43. The fraction of sp³-hybridized carbons (Fsp3) is 0.0612. The summed E-state index contributed by atoms with van der Waals surface area (Å²) in [7, 11) is 0. The highest BCUT2D eigenvalue weighted by molar-refractivity contribution is 6.20. The average Bonchev–Trinajstić information content (AvgIpc) is 3.60. The third-order valence-corrected chi connectivity index (χ3v) is 11.6. The van der Waals surface area contributed by atoms with Gasteiger partial charge in [-0.3, -0.25) is 0 Å². The van der Waals surface area contributed by atoms with E-state index in [1.807, 2.05) is 0 Å².